The molecule has 0 radical (unpaired) electrons. The van der Waals surface area contributed by atoms with Crippen molar-refractivity contribution in [2.45, 2.75) is 58.5 Å². The molecule has 0 bridgehead atoms. The molecule has 4 nitrogen and oxygen atoms in total. The maximum atomic E-state index is 12.2. The van der Waals surface area contributed by atoms with E-state index in [0.717, 1.165) is 17.7 Å². The lowest BCUT2D eigenvalue weighted by Gasteiger charge is -2.29. The molecule has 1 aromatic carbocycles. The molecule has 128 valence electrons. The molecular formula is C19H30N2O2. The summed E-state index contributed by atoms with van der Waals surface area (Å²) in [5, 5.41) is 6.50. The van der Waals surface area contributed by atoms with Gasteiger partial charge in [-0.05, 0) is 38.7 Å². The molecule has 0 spiro atoms. The molecule has 0 heterocycles. The van der Waals surface area contributed by atoms with E-state index in [0.29, 0.717) is 18.5 Å². The summed E-state index contributed by atoms with van der Waals surface area (Å²) < 4.78 is 5.42. The number of aryl methyl sites for hydroxylation is 1. The molecule has 0 saturated heterocycles. The van der Waals surface area contributed by atoms with E-state index in [4.69, 9.17) is 4.74 Å². The maximum Gasteiger partial charge on any atom is 0.234 e. The molecule has 1 amide bonds. The van der Waals surface area contributed by atoms with Gasteiger partial charge in [-0.3, -0.25) is 4.79 Å². The summed E-state index contributed by atoms with van der Waals surface area (Å²) in [5.41, 5.74) is 2.28. The zero-order valence-electron chi connectivity index (χ0n) is 14.8. The van der Waals surface area contributed by atoms with Gasteiger partial charge in [0.2, 0.25) is 5.91 Å². The van der Waals surface area contributed by atoms with E-state index >= 15 is 0 Å². The standard InChI is InChI=1S/C19H30N2O2/c1-13-9-10-18(23-4)16(11-13)15(3)20-12-19(22)21-17-8-6-5-7-14(17)2/h9-11,14-15,17,20H,5-8,12H2,1-4H3,(H,21,22)/t14-,15+,17+/m0/s1. The van der Waals surface area contributed by atoms with Crippen LogP contribution in [0.15, 0.2) is 18.2 Å². The van der Waals surface area contributed by atoms with Crippen LogP contribution in [0.5, 0.6) is 5.75 Å². The van der Waals surface area contributed by atoms with Crippen LogP contribution in [0, 0.1) is 12.8 Å². The third-order valence-corrected chi connectivity index (χ3v) is 4.88. The van der Waals surface area contributed by atoms with Crippen molar-refractivity contribution in [2.24, 2.45) is 5.92 Å². The van der Waals surface area contributed by atoms with Crippen molar-refractivity contribution in [3.8, 4) is 5.75 Å². The minimum Gasteiger partial charge on any atom is -0.496 e. The third-order valence-electron chi connectivity index (χ3n) is 4.88. The minimum atomic E-state index is 0.0689. The Hall–Kier alpha value is -1.55. The van der Waals surface area contributed by atoms with Gasteiger partial charge in [-0.2, -0.15) is 0 Å². The molecule has 4 heteroatoms. The number of ether oxygens (including phenoxy) is 1. The minimum absolute atomic E-state index is 0.0689. The maximum absolute atomic E-state index is 12.2. The van der Waals surface area contributed by atoms with Crippen LogP contribution in [0.4, 0.5) is 0 Å². The molecule has 0 aromatic heterocycles. The number of hydrogen-bond acceptors (Lipinski definition) is 3. The molecule has 23 heavy (non-hydrogen) atoms. The van der Waals surface area contributed by atoms with Gasteiger partial charge in [-0.15, -0.1) is 0 Å². The molecule has 1 saturated carbocycles. The first-order chi connectivity index (χ1) is 11.0. The first-order valence-electron chi connectivity index (χ1n) is 8.68. The van der Waals surface area contributed by atoms with Gasteiger partial charge < -0.3 is 15.4 Å². The van der Waals surface area contributed by atoms with Crippen molar-refractivity contribution < 1.29 is 9.53 Å². The smallest absolute Gasteiger partial charge is 0.234 e. The largest absolute Gasteiger partial charge is 0.496 e. The van der Waals surface area contributed by atoms with Crippen LogP contribution in [-0.2, 0) is 4.79 Å². The zero-order chi connectivity index (χ0) is 16.8. The van der Waals surface area contributed by atoms with Crippen molar-refractivity contribution >= 4 is 5.91 Å². The number of methoxy groups -OCH3 is 1. The number of hydrogen-bond donors (Lipinski definition) is 2. The summed E-state index contributed by atoms with van der Waals surface area (Å²) in [6.07, 6.45) is 4.83. The Kier molecular flexibility index (Phi) is 6.46. The average molecular weight is 318 g/mol. The first-order valence-corrected chi connectivity index (χ1v) is 8.68. The van der Waals surface area contributed by atoms with E-state index in [-0.39, 0.29) is 11.9 Å². The van der Waals surface area contributed by atoms with Gasteiger partial charge in [0.25, 0.3) is 0 Å². The summed E-state index contributed by atoms with van der Waals surface area (Å²) in [4.78, 5) is 12.2. The molecule has 1 aromatic rings. The van der Waals surface area contributed by atoms with Gasteiger partial charge in [-0.1, -0.05) is 37.5 Å². The Morgan fingerprint density at radius 1 is 1.35 bits per heavy atom. The Balaban J connectivity index is 1.87. The van der Waals surface area contributed by atoms with E-state index in [2.05, 4.69) is 37.5 Å². The predicted octanol–water partition coefficient (Wildman–Crippen LogP) is 3.35. The lowest BCUT2D eigenvalue weighted by Crippen LogP contribution is -2.45. The Morgan fingerprint density at radius 2 is 2.09 bits per heavy atom. The monoisotopic (exact) mass is 318 g/mol. The summed E-state index contributed by atoms with van der Waals surface area (Å²) in [5.74, 6) is 1.53. The number of nitrogens with one attached hydrogen (secondary N) is 2. The topological polar surface area (TPSA) is 50.4 Å². The fraction of sp³-hybridized carbons (Fsp3) is 0.632. The quantitative estimate of drug-likeness (QED) is 0.846. The van der Waals surface area contributed by atoms with Crippen LogP contribution in [-0.4, -0.2) is 25.6 Å². The summed E-state index contributed by atoms with van der Waals surface area (Å²) in [7, 11) is 1.68. The van der Waals surface area contributed by atoms with Crippen LogP contribution in [0.2, 0.25) is 0 Å². The molecule has 1 fully saturated rings. The molecule has 0 unspecified atom stereocenters. The fourth-order valence-electron chi connectivity index (χ4n) is 3.34. The van der Waals surface area contributed by atoms with Gasteiger partial charge in [0.1, 0.15) is 5.75 Å². The molecule has 2 rings (SSSR count). The van der Waals surface area contributed by atoms with E-state index in [9.17, 15) is 4.79 Å². The Bertz CT molecular complexity index is 530. The first kappa shape index (κ1) is 17.8. The second-order valence-electron chi connectivity index (χ2n) is 6.78. The Labute approximate surface area is 140 Å². The second-order valence-corrected chi connectivity index (χ2v) is 6.78. The van der Waals surface area contributed by atoms with Crippen molar-refractivity contribution in [2.75, 3.05) is 13.7 Å². The summed E-state index contributed by atoms with van der Waals surface area (Å²) in [6.45, 7) is 6.69. The Morgan fingerprint density at radius 3 is 2.78 bits per heavy atom. The normalized spacial score (nSPS) is 22.4. The summed E-state index contributed by atoms with van der Waals surface area (Å²) >= 11 is 0. The highest BCUT2D eigenvalue weighted by atomic mass is 16.5. The van der Waals surface area contributed by atoms with Crippen molar-refractivity contribution in [1.29, 1.82) is 0 Å². The lowest BCUT2D eigenvalue weighted by atomic mass is 9.86. The van der Waals surface area contributed by atoms with Crippen molar-refractivity contribution in [3.05, 3.63) is 29.3 Å². The van der Waals surface area contributed by atoms with E-state index in [1.165, 1.54) is 24.8 Å². The van der Waals surface area contributed by atoms with Crippen LogP contribution in [0.1, 0.15) is 56.7 Å². The average Bonchev–Trinajstić information content (AvgIpc) is 2.54. The van der Waals surface area contributed by atoms with Crippen LogP contribution < -0.4 is 15.4 Å². The van der Waals surface area contributed by atoms with Gasteiger partial charge in [0.05, 0.1) is 13.7 Å². The molecule has 2 N–H and O–H groups in total. The van der Waals surface area contributed by atoms with Gasteiger partial charge >= 0.3 is 0 Å². The number of carbonyl (C=O) groups excluding carboxylic acids is 1. The molecule has 1 aliphatic carbocycles. The SMILES string of the molecule is COc1ccc(C)cc1[C@@H](C)NCC(=O)N[C@@H]1CCCC[C@@H]1C. The number of carbonyl (C=O) groups is 1. The lowest BCUT2D eigenvalue weighted by molar-refractivity contribution is -0.121. The highest BCUT2D eigenvalue weighted by Gasteiger charge is 2.23. The molecular weight excluding hydrogens is 288 g/mol. The van der Waals surface area contributed by atoms with E-state index in [1.54, 1.807) is 7.11 Å². The molecule has 3 atom stereocenters. The number of amides is 1. The third kappa shape index (κ3) is 4.96. The second kappa shape index (κ2) is 8.34. The van der Waals surface area contributed by atoms with Crippen LogP contribution >= 0.6 is 0 Å². The van der Waals surface area contributed by atoms with Gasteiger partial charge in [0, 0.05) is 17.6 Å². The summed E-state index contributed by atoms with van der Waals surface area (Å²) in [6, 6.07) is 6.53. The number of rotatable bonds is 6. The molecule has 0 aliphatic heterocycles. The predicted molar refractivity (Wildman–Crippen MR) is 93.7 cm³/mol. The fourth-order valence-corrected chi connectivity index (χ4v) is 3.34. The van der Waals surface area contributed by atoms with Crippen molar-refractivity contribution in [1.82, 2.24) is 10.6 Å². The number of benzene rings is 1. The van der Waals surface area contributed by atoms with E-state index in [1.807, 2.05) is 12.1 Å². The highest BCUT2D eigenvalue weighted by Crippen LogP contribution is 2.26. The van der Waals surface area contributed by atoms with E-state index < -0.39 is 0 Å². The molecule has 1 aliphatic rings. The van der Waals surface area contributed by atoms with Crippen LogP contribution in [0.3, 0.4) is 0 Å². The van der Waals surface area contributed by atoms with Crippen LogP contribution in [0.25, 0.3) is 0 Å². The van der Waals surface area contributed by atoms with Crippen molar-refractivity contribution in [3.63, 3.8) is 0 Å². The van der Waals surface area contributed by atoms with Gasteiger partial charge in [0.15, 0.2) is 0 Å². The van der Waals surface area contributed by atoms with Gasteiger partial charge in [-0.25, -0.2) is 0 Å². The zero-order valence-corrected chi connectivity index (χ0v) is 14.8. The highest BCUT2D eigenvalue weighted by molar-refractivity contribution is 5.78.